The molecule has 104 valence electrons. The Morgan fingerprint density at radius 2 is 2.20 bits per heavy atom. The summed E-state index contributed by atoms with van der Waals surface area (Å²) in [6, 6.07) is 3.67. The van der Waals surface area contributed by atoms with Crippen LogP contribution in [-0.2, 0) is 11.8 Å². The van der Waals surface area contributed by atoms with Crippen molar-refractivity contribution in [3.05, 3.63) is 36.4 Å². The maximum absolute atomic E-state index is 11.7. The van der Waals surface area contributed by atoms with E-state index in [1.165, 1.54) is 11.8 Å². The molecule has 0 bridgehead atoms. The minimum Gasteiger partial charge on any atom is -0.312 e. The summed E-state index contributed by atoms with van der Waals surface area (Å²) in [5.41, 5.74) is 4.16. The molecule has 1 amide bonds. The highest BCUT2D eigenvalue weighted by molar-refractivity contribution is 7.99. The summed E-state index contributed by atoms with van der Waals surface area (Å²) >= 11 is 1.31. The van der Waals surface area contributed by atoms with E-state index in [2.05, 4.69) is 25.7 Å². The number of amides is 1. The number of carbonyl (C=O) groups excluding carboxylic acids is 1. The molecule has 0 aliphatic rings. The van der Waals surface area contributed by atoms with Gasteiger partial charge in [-0.2, -0.15) is 5.10 Å². The molecule has 1 N–H and O–H groups in total. The topological polar surface area (TPSA) is 85.1 Å². The quantitative estimate of drug-likeness (QED) is 0.501. The number of pyridine rings is 1. The predicted octanol–water partition coefficient (Wildman–Crippen LogP) is 0.843. The highest BCUT2D eigenvalue weighted by atomic mass is 32.2. The summed E-state index contributed by atoms with van der Waals surface area (Å²) in [6.07, 6.45) is 4.95. The van der Waals surface area contributed by atoms with Crippen molar-refractivity contribution < 1.29 is 4.79 Å². The van der Waals surface area contributed by atoms with Gasteiger partial charge in [0.2, 0.25) is 0 Å². The second-order valence-electron chi connectivity index (χ2n) is 3.98. The number of thioether (sulfide) groups is 1. The van der Waals surface area contributed by atoms with Gasteiger partial charge in [-0.05, 0) is 19.1 Å². The molecule has 2 aromatic rings. The van der Waals surface area contributed by atoms with Gasteiger partial charge in [-0.1, -0.05) is 11.8 Å². The molecule has 2 rings (SSSR count). The van der Waals surface area contributed by atoms with Gasteiger partial charge in [0.05, 0.1) is 11.5 Å². The van der Waals surface area contributed by atoms with Crippen LogP contribution < -0.4 is 5.43 Å². The molecule has 2 aromatic heterocycles. The molecule has 0 radical (unpaired) electrons. The molecule has 0 fully saturated rings. The molecule has 0 unspecified atom stereocenters. The van der Waals surface area contributed by atoms with Crippen LogP contribution in [0.4, 0.5) is 0 Å². The molecule has 2 heterocycles. The standard InChI is InChI=1S/C12H14N6OS/c1-9(10-3-5-13-6-4-10)15-16-11(19)7-20-12-17-14-8-18(12)2/h3-6,8H,7H2,1-2H3,(H,16,19)/b15-9+. The zero-order chi connectivity index (χ0) is 14.4. The van der Waals surface area contributed by atoms with Crippen molar-refractivity contribution in [1.29, 1.82) is 0 Å². The number of nitrogens with one attached hydrogen (secondary N) is 1. The van der Waals surface area contributed by atoms with Gasteiger partial charge in [0.1, 0.15) is 6.33 Å². The third-order valence-corrected chi connectivity index (χ3v) is 3.48. The Morgan fingerprint density at radius 1 is 1.45 bits per heavy atom. The molecule has 0 aliphatic carbocycles. The van der Waals surface area contributed by atoms with Gasteiger partial charge >= 0.3 is 0 Å². The summed E-state index contributed by atoms with van der Waals surface area (Å²) in [5, 5.41) is 12.4. The van der Waals surface area contributed by atoms with Crippen LogP contribution in [0.15, 0.2) is 41.1 Å². The van der Waals surface area contributed by atoms with Crippen molar-refractivity contribution in [2.24, 2.45) is 12.1 Å². The second kappa shape index (κ2) is 6.80. The smallest absolute Gasteiger partial charge is 0.250 e. The summed E-state index contributed by atoms with van der Waals surface area (Å²) in [5.74, 6) is 0.0473. The molecule has 7 nitrogen and oxygen atoms in total. The van der Waals surface area contributed by atoms with Gasteiger partial charge in [-0.25, -0.2) is 5.43 Å². The summed E-state index contributed by atoms with van der Waals surface area (Å²) in [4.78, 5) is 15.6. The zero-order valence-electron chi connectivity index (χ0n) is 11.1. The van der Waals surface area contributed by atoms with Crippen LogP contribution in [0.5, 0.6) is 0 Å². The van der Waals surface area contributed by atoms with Gasteiger partial charge in [-0.3, -0.25) is 9.78 Å². The average molecular weight is 290 g/mol. The number of hydrazone groups is 1. The van der Waals surface area contributed by atoms with E-state index >= 15 is 0 Å². The Morgan fingerprint density at radius 3 is 2.85 bits per heavy atom. The van der Waals surface area contributed by atoms with E-state index in [1.54, 1.807) is 23.3 Å². The van der Waals surface area contributed by atoms with Crippen LogP contribution >= 0.6 is 11.8 Å². The highest BCUT2D eigenvalue weighted by Crippen LogP contribution is 2.12. The van der Waals surface area contributed by atoms with E-state index in [0.717, 1.165) is 11.3 Å². The van der Waals surface area contributed by atoms with E-state index in [4.69, 9.17) is 0 Å². The van der Waals surface area contributed by atoms with Crippen LogP contribution in [0, 0.1) is 0 Å². The number of aryl methyl sites for hydroxylation is 1. The molecule has 0 aromatic carbocycles. The number of hydrogen-bond acceptors (Lipinski definition) is 6. The molecule has 20 heavy (non-hydrogen) atoms. The predicted molar refractivity (Wildman–Crippen MR) is 76.3 cm³/mol. The highest BCUT2D eigenvalue weighted by Gasteiger charge is 2.06. The third-order valence-electron chi connectivity index (χ3n) is 2.45. The number of rotatable bonds is 5. The SMILES string of the molecule is C/C(=N\NC(=O)CSc1nncn1C)c1ccncc1. The average Bonchev–Trinajstić information content (AvgIpc) is 2.89. The number of carbonyl (C=O) groups is 1. The summed E-state index contributed by atoms with van der Waals surface area (Å²) in [6.45, 7) is 1.82. The summed E-state index contributed by atoms with van der Waals surface area (Å²) < 4.78 is 1.75. The molecular formula is C12H14N6OS. The first kappa shape index (κ1) is 14.2. The minimum atomic E-state index is -0.189. The van der Waals surface area contributed by atoms with Gasteiger partial charge in [0, 0.05) is 25.0 Å². The molecule has 0 saturated carbocycles. The van der Waals surface area contributed by atoms with E-state index < -0.39 is 0 Å². The Kier molecular flexibility index (Phi) is 4.83. The Labute approximate surface area is 120 Å². The summed E-state index contributed by atoms with van der Waals surface area (Å²) in [7, 11) is 1.83. The van der Waals surface area contributed by atoms with E-state index in [-0.39, 0.29) is 11.7 Å². The van der Waals surface area contributed by atoms with Crippen molar-refractivity contribution in [3.63, 3.8) is 0 Å². The van der Waals surface area contributed by atoms with Crippen LogP contribution in [0.2, 0.25) is 0 Å². The van der Waals surface area contributed by atoms with E-state index in [1.807, 2.05) is 26.1 Å². The fourth-order valence-corrected chi connectivity index (χ4v) is 2.05. The van der Waals surface area contributed by atoms with Crippen LogP contribution in [0.3, 0.4) is 0 Å². The fourth-order valence-electron chi connectivity index (χ4n) is 1.37. The lowest BCUT2D eigenvalue weighted by atomic mass is 10.2. The minimum absolute atomic E-state index is 0.189. The largest absolute Gasteiger partial charge is 0.312 e. The van der Waals surface area contributed by atoms with Gasteiger partial charge in [0.25, 0.3) is 5.91 Å². The Balaban J connectivity index is 1.85. The van der Waals surface area contributed by atoms with Gasteiger partial charge in [0.15, 0.2) is 5.16 Å². The third kappa shape index (κ3) is 3.89. The molecule has 0 spiro atoms. The van der Waals surface area contributed by atoms with Crippen molar-refractivity contribution in [1.82, 2.24) is 25.2 Å². The number of hydrogen-bond donors (Lipinski definition) is 1. The fraction of sp³-hybridized carbons (Fsp3) is 0.250. The monoisotopic (exact) mass is 290 g/mol. The first-order chi connectivity index (χ1) is 9.66. The lowest BCUT2D eigenvalue weighted by Crippen LogP contribution is -2.21. The van der Waals surface area contributed by atoms with Crippen molar-refractivity contribution in [2.75, 3.05) is 5.75 Å². The van der Waals surface area contributed by atoms with Crippen molar-refractivity contribution >= 4 is 23.4 Å². The normalized spacial score (nSPS) is 11.4. The number of nitrogens with zero attached hydrogens (tertiary/aromatic N) is 5. The lowest BCUT2D eigenvalue weighted by Gasteiger charge is -2.02. The maximum Gasteiger partial charge on any atom is 0.250 e. The maximum atomic E-state index is 11.7. The van der Waals surface area contributed by atoms with Crippen LogP contribution in [-0.4, -0.2) is 37.1 Å². The zero-order valence-corrected chi connectivity index (χ0v) is 12.0. The Bertz CT molecular complexity index is 609. The van der Waals surface area contributed by atoms with Crippen LogP contribution in [0.25, 0.3) is 0 Å². The molecule has 0 saturated heterocycles. The Hall–Kier alpha value is -2.22. The van der Waals surface area contributed by atoms with Gasteiger partial charge in [-0.15, -0.1) is 10.2 Å². The van der Waals surface area contributed by atoms with E-state index in [9.17, 15) is 4.79 Å². The molecule has 0 aliphatic heterocycles. The van der Waals surface area contributed by atoms with Crippen LogP contribution in [0.1, 0.15) is 12.5 Å². The molecule has 0 atom stereocenters. The first-order valence-corrected chi connectivity index (χ1v) is 6.85. The first-order valence-electron chi connectivity index (χ1n) is 5.87. The van der Waals surface area contributed by atoms with Crippen molar-refractivity contribution in [3.8, 4) is 0 Å². The lowest BCUT2D eigenvalue weighted by molar-refractivity contribution is -0.118. The molecular weight excluding hydrogens is 276 g/mol. The van der Waals surface area contributed by atoms with E-state index in [0.29, 0.717) is 5.16 Å². The number of aromatic nitrogens is 4. The molecule has 8 heteroatoms. The van der Waals surface area contributed by atoms with Gasteiger partial charge < -0.3 is 4.57 Å². The second-order valence-corrected chi connectivity index (χ2v) is 4.92. The van der Waals surface area contributed by atoms with Crippen molar-refractivity contribution in [2.45, 2.75) is 12.1 Å².